The minimum Gasteiger partial charge on any atom is -0.393 e. The van der Waals surface area contributed by atoms with E-state index in [9.17, 15) is 9.90 Å². The molecule has 0 saturated carbocycles. The molecule has 0 fully saturated rings. The van der Waals surface area contributed by atoms with E-state index in [0.29, 0.717) is 23.7 Å². The van der Waals surface area contributed by atoms with Crippen molar-refractivity contribution in [2.24, 2.45) is 0 Å². The number of nitrogens with one attached hydrogen (secondary N) is 1. The van der Waals surface area contributed by atoms with Crippen molar-refractivity contribution in [3.63, 3.8) is 0 Å². The van der Waals surface area contributed by atoms with Gasteiger partial charge in [0.1, 0.15) is 0 Å². The van der Waals surface area contributed by atoms with Gasteiger partial charge in [-0.1, -0.05) is 17.7 Å². The highest BCUT2D eigenvalue weighted by atomic mass is 35.5. The van der Waals surface area contributed by atoms with Crippen LogP contribution in [0.5, 0.6) is 0 Å². The van der Waals surface area contributed by atoms with Crippen molar-refractivity contribution in [3.05, 3.63) is 28.3 Å². The van der Waals surface area contributed by atoms with Crippen LogP contribution in [0.3, 0.4) is 0 Å². The summed E-state index contributed by atoms with van der Waals surface area (Å²) >= 11 is 6.16. The van der Waals surface area contributed by atoms with E-state index in [2.05, 4.69) is 5.32 Å². The molecule has 2 N–H and O–H groups in total. The van der Waals surface area contributed by atoms with Gasteiger partial charge in [0.2, 0.25) is 5.91 Å². The van der Waals surface area contributed by atoms with Crippen LogP contribution in [0.25, 0.3) is 0 Å². The van der Waals surface area contributed by atoms with Gasteiger partial charge in [-0.25, -0.2) is 0 Å². The fraction of sp³-hybridized carbons (Fsp3) is 0.533. The Labute approximate surface area is 125 Å². The maximum atomic E-state index is 12.0. The summed E-state index contributed by atoms with van der Waals surface area (Å²) in [5, 5.41) is 12.6. The average molecular weight is 299 g/mol. The van der Waals surface area contributed by atoms with Gasteiger partial charge in [0, 0.05) is 6.54 Å². The van der Waals surface area contributed by atoms with Gasteiger partial charge in [-0.2, -0.15) is 0 Å². The zero-order valence-electron chi connectivity index (χ0n) is 12.5. The van der Waals surface area contributed by atoms with Gasteiger partial charge in [-0.15, -0.1) is 0 Å². The maximum absolute atomic E-state index is 12.0. The lowest BCUT2D eigenvalue weighted by molar-refractivity contribution is -0.117. The lowest BCUT2D eigenvalue weighted by Gasteiger charge is -2.18. The summed E-state index contributed by atoms with van der Waals surface area (Å²) in [7, 11) is 1.85. The summed E-state index contributed by atoms with van der Waals surface area (Å²) < 4.78 is 0. The average Bonchev–Trinajstić information content (AvgIpc) is 2.31. The minimum atomic E-state index is -0.353. The second kappa shape index (κ2) is 7.62. The molecule has 1 amide bonds. The van der Waals surface area contributed by atoms with Crippen LogP contribution in [0, 0.1) is 13.8 Å². The normalized spacial score (nSPS) is 12.6. The Bertz CT molecular complexity index is 452. The first-order valence-electron chi connectivity index (χ1n) is 6.72. The van der Waals surface area contributed by atoms with E-state index in [-0.39, 0.29) is 18.6 Å². The van der Waals surface area contributed by atoms with Crippen LogP contribution in [0.1, 0.15) is 24.5 Å². The van der Waals surface area contributed by atoms with E-state index in [1.165, 1.54) is 0 Å². The molecule has 0 bridgehead atoms. The topological polar surface area (TPSA) is 52.6 Å². The van der Waals surface area contributed by atoms with E-state index in [1.54, 1.807) is 6.92 Å². The van der Waals surface area contributed by atoms with Gasteiger partial charge >= 0.3 is 0 Å². The SMILES string of the molecule is Cc1cc(C)c(NC(=O)CN(C)CCC(C)O)c(Cl)c1. The molecule has 0 heterocycles. The number of aryl methyl sites for hydroxylation is 2. The van der Waals surface area contributed by atoms with Crippen molar-refractivity contribution in [3.8, 4) is 0 Å². The summed E-state index contributed by atoms with van der Waals surface area (Å²) in [4.78, 5) is 13.9. The third kappa shape index (κ3) is 5.49. The van der Waals surface area contributed by atoms with Crippen molar-refractivity contribution in [2.75, 3.05) is 25.5 Å². The third-order valence-corrected chi connectivity index (χ3v) is 3.34. The number of rotatable bonds is 6. The van der Waals surface area contributed by atoms with Crippen LogP contribution in [0.4, 0.5) is 5.69 Å². The van der Waals surface area contributed by atoms with E-state index in [1.807, 2.05) is 37.9 Å². The molecule has 1 unspecified atom stereocenters. The number of anilines is 1. The van der Waals surface area contributed by atoms with E-state index < -0.39 is 0 Å². The predicted octanol–water partition coefficient (Wildman–Crippen LogP) is 2.60. The molecule has 5 heteroatoms. The molecule has 0 saturated heterocycles. The molecule has 0 aliphatic heterocycles. The Hall–Kier alpha value is -1.10. The van der Waals surface area contributed by atoms with E-state index in [0.717, 1.165) is 11.1 Å². The summed E-state index contributed by atoms with van der Waals surface area (Å²) in [6.45, 7) is 6.57. The van der Waals surface area contributed by atoms with Gasteiger partial charge in [0.25, 0.3) is 0 Å². The van der Waals surface area contributed by atoms with Crippen LogP contribution in [0.2, 0.25) is 5.02 Å². The molecule has 0 spiro atoms. The molecule has 1 aromatic rings. The standard InChI is InChI=1S/C15H23ClN2O2/c1-10-7-11(2)15(13(16)8-10)17-14(20)9-18(4)6-5-12(3)19/h7-8,12,19H,5-6,9H2,1-4H3,(H,17,20). The van der Waals surface area contributed by atoms with Gasteiger partial charge in [0.15, 0.2) is 0 Å². The molecule has 0 radical (unpaired) electrons. The number of aliphatic hydroxyl groups excluding tert-OH is 1. The first-order valence-corrected chi connectivity index (χ1v) is 7.10. The van der Waals surface area contributed by atoms with Crippen LogP contribution in [-0.2, 0) is 4.79 Å². The van der Waals surface area contributed by atoms with Crippen LogP contribution >= 0.6 is 11.6 Å². The van der Waals surface area contributed by atoms with Crippen molar-refractivity contribution in [2.45, 2.75) is 33.3 Å². The largest absolute Gasteiger partial charge is 0.393 e. The highest BCUT2D eigenvalue weighted by molar-refractivity contribution is 6.34. The molecule has 0 aliphatic rings. The fourth-order valence-corrected chi connectivity index (χ4v) is 2.35. The molecule has 0 aliphatic carbocycles. The van der Waals surface area contributed by atoms with Crippen molar-refractivity contribution >= 4 is 23.2 Å². The summed E-state index contributed by atoms with van der Waals surface area (Å²) in [5.74, 6) is -0.105. The summed E-state index contributed by atoms with van der Waals surface area (Å²) in [5.41, 5.74) is 2.70. The quantitative estimate of drug-likeness (QED) is 0.849. The zero-order chi connectivity index (χ0) is 15.3. The number of hydrogen-bond donors (Lipinski definition) is 2. The number of aliphatic hydroxyl groups is 1. The Kier molecular flexibility index (Phi) is 6.46. The number of likely N-dealkylation sites (N-methyl/N-ethyl adjacent to an activating group) is 1. The molecular weight excluding hydrogens is 276 g/mol. The zero-order valence-corrected chi connectivity index (χ0v) is 13.3. The minimum absolute atomic E-state index is 0.105. The highest BCUT2D eigenvalue weighted by Crippen LogP contribution is 2.27. The Balaban J connectivity index is 2.59. The number of carbonyl (C=O) groups excluding carboxylic acids is 1. The first kappa shape index (κ1) is 17.0. The van der Waals surface area contributed by atoms with Gasteiger partial charge < -0.3 is 10.4 Å². The van der Waals surface area contributed by atoms with Gasteiger partial charge in [-0.05, 0) is 51.4 Å². The number of nitrogens with zero attached hydrogens (tertiary/aromatic N) is 1. The molecule has 1 atom stereocenters. The van der Waals surface area contributed by atoms with Crippen LogP contribution in [0.15, 0.2) is 12.1 Å². The fourth-order valence-electron chi connectivity index (χ4n) is 1.98. The number of hydrogen-bond acceptors (Lipinski definition) is 3. The number of halogens is 1. The van der Waals surface area contributed by atoms with Crippen molar-refractivity contribution in [1.29, 1.82) is 0 Å². The van der Waals surface area contributed by atoms with Gasteiger partial charge in [-0.3, -0.25) is 9.69 Å². The Morgan fingerprint density at radius 2 is 2.10 bits per heavy atom. The molecular formula is C15H23ClN2O2. The molecule has 4 nitrogen and oxygen atoms in total. The van der Waals surface area contributed by atoms with Gasteiger partial charge in [0.05, 0.1) is 23.4 Å². The monoisotopic (exact) mass is 298 g/mol. The smallest absolute Gasteiger partial charge is 0.238 e. The van der Waals surface area contributed by atoms with Crippen LogP contribution in [-0.4, -0.2) is 42.2 Å². The van der Waals surface area contributed by atoms with E-state index in [4.69, 9.17) is 11.6 Å². The Morgan fingerprint density at radius 3 is 2.65 bits per heavy atom. The van der Waals surface area contributed by atoms with Crippen molar-refractivity contribution in [1.82, 2.24) is 4.90 Å². The molecule has 0 aromatic heterocycles. The Morgan fingerprint density at radius 1 is 1.45 bits per heavy atom. The lowest BCUT2D eigenvalue weighted by atomic mass is 10.1. The summed E-state index contributed by atoms with van der Waals surface area (Å²) in [6, 6.07) is 3.82. The second-order valence-electron chi connectivity index (χ2n) is 5.36. The third-order valence-electron chi connectivity index (χ3n) is 3.04. The number of amides is 1. The molecule has 112 valence electrons. The number of benzene rings is 1. The highest BCUT2D eigenvalue weighted by Gasteiger charge is 2.11. The second-order valence-corrected chi connectivity index (χ2v) is 5.77. The van der Waals surface area contributed by atoms with Crippen LogP contribution < -0.4 is 5.32 Å². The maximum Gasteiger partial charge on any atom is 0.238 e. The summed E-state index contributed by atoms with van der Waals surface area (Å²) in [6.07, 6.45) is 0.294. The molecule has 20 heavy (non-hydrogen) atoms. The lowest BCUT2D eigenvalue weighted by Crippen LogP contribution is -2.32. The predicted molar refractivity (Wildman–Crippen MR) is 83.4 cm³/mol. The molecule has 1 rings (SSSR count). The molecule has 1 aromatic carbocycles. The first-order chi connectivity index (χ1) is 9.29. The van der Waals surface area contributed by atoms with Crippen molar-refractivity contribution < 1.29 is 9.90 Å². The number of carbonyl (C=O) groups is 1. The van der Waals surface area contributed by atoms with E-state index >= 15 is 0 Å².